The first-order chi connectivity index (χ1) is 24.2. The van der Waals surface area contributed by atoms with Crippen molar-refractivity contribution in [2.24, 2.45) is 17.8 Å². The molecule has 0 aromatic heterocycles. The summed E-state index contributed by atoms with van der Waals surface area (Å²) < 4.78 is 36.5. The van der Waals surface area contributed by atoms with E-state index in [1.165, 1.54) is 28.1 Å². The molecule has 0 unspecified atom stereocenters. The van der Waals surface area contributed by atoms with Crippen LogP contribution in [0, 0.1) is 23.0 Å². The molecule has 3 heterocycles. The van der Waals surface area contributed by atoms with Gasteiger partial charge in [0.25, 0.3) is 0 Å². The van der Waals surface area contributed by atoms with Gasteiger partial charge in [-0.2, -0.15) is 0 Å². The van der Waals surface area contributed by atoms with Gasteiger partial charge < -0.3 is 68.7 Å². The Kier molecular flexibility index (Phi) is 15.4. The molecule has 15 heteroatoms. The molecule has 0 aromatic carbocycles. The summed E-state index contributed by atoms with van der Waals surface area (Å²) in [4.78, 5) is 16.1. The summed E-state index contributed by atoms with van der Waals surface area (Å²) in [5, 5.41) is 71.3. The fourth-order valence-corrected chi connectivity index (χ4v) is 8.84. The molecule has 18 atom stereocenters. The molecule has 3 aliphatic rings. The van der Waals surface area contributed by atoms with Crippen LogP contribution in [-0.2, 0) is 33.2 Å². The van der Waals surface area contributed by atoms with Crippen molar-refractivity contribution in [1.29, 1.82) is 0 Å². The van der Waals surface area contributed by atoms with Crippen molar-refractivity contribution in [3.8, 4) is 0 Å². The monoisotopic (exact) mass is 765 g/mol. The quantitative estimate of drug-likeness (QED) is 0.143. The van der Waals surface area contributed by atoms with E-state index in [0.717, 1.165) is 0 Å². The van der Waals surface area contributed by atoms with Gasteiger partial charge in [0.2, 0.25) is 0 Å². The first kappa shape index (κ1) is 46.3. The van der Waals surface area contributed by atoms with Gasteiger partial charge in [0.05, 0.1) is 55.6 Å². The maximum atomic E-state index is 14.2. The normalized spacial score (nSPS) is 49.1. The molecule has 312 valence electrons. The zero-order chi connectivity index (χ0) is 40.6. The lowest BCUT2D eigenvalue weighted by Gasteiger charge is -2.51. The van der Waals surface area contributed by atoms with Crippen LogP contribution in [0.1, 0.15) is 94.9 Å². The Labute approximate surface area is 317 Å². The van der Waals surface area contributed by atoms with Crippen molar-refractivity contribution in [3.63, 3.8) is 0 Å². The number of likely N-dealkylation sites (N-methyl/N-ethyl adjacent to an activating group) is 2. The lowest BCUT2D eigenvalue weighted by molar-refractivity contribution is -0.874. The Bertz CT molecular complexity index is 1190. The Morgan fingerprint density at radius 2 is 1.57 bits per heavy atom. The topological polar surface area (TPSA) is 200 Å². The van der Waals surface area contributed by atoms with Crippen LogP contribution >= 0.6 is 0 Å². The minimum absolute atomic E-state index is 0.0990. The minimum Gasteiger partial charge on any atom is -0.633 e. The van der Waals surface area contributed by atoms with Gasteiger partial charge in [-0.15, -0.1) is 0 Å². The van der Waals surface area contributed by atoms with Crippen LogP contribution < -0.4 is 0 Å². The number of carbonyl (C=O) groups excluding carboxylic acids is 1. The number of hydroxylamine groups is 3. The molecule has 0 aromatic rings. The van der Waals surface area contributed by atoms with Gasteiger partial charge in [0.1, 0.15) is 30.0 Å². The summed E-state index contributed by atoms with van der Waals surface area (Å²) >= 11 is 0. The first-order valence-corrected chi connectivity index (χ1v) is 19.3. The summed E-state index contributed by atoms with van der Waals surface area (Å²) in [5.41, 5.74) is -4.51. The largest absolute Gasteiger partial charge is 0.633 e. The van der Waals surface area contributed by atoms with Gasteiger partial charge in [0, 0.05) is 38.5 Å². The van der Waals surface area contributed by atoms with E-state index in [4.69, 9.17) is 28.4 Å². The molecule has 3 aliphatic heterocycles. The summed E-state index contributed by atoms with van der Waals surface area (Å²) in [6, 6.07) is -1.34. The number of aliphatic hydroxyl groups is 5. The van der Waals surface area contributed by atoms with Crippen molar-refractivity contribution in [3.05, 3.63) is 5.21 Å². The molecule has 53 heavy (non-hydrogen) atoms. The zero-order valence-electron chi connectivity index (χ0n) is 34.6. The zero-order valence-corrected chi connectivity index (χ0v) is 34.6. The number of quaternary nitrogens is 1. The number of carbonyl (C=O) groups is 1. The van der Waals surface area contributed by atoms with Crippen molar-refractivity contribution in [2.75, 3.05) is 34.8 Å². The molecule has 3 rings (SSSR count). The lowest BCUT2D eigenvalue weighted by Crippen LogP contribution is -2.62. The number of cyclic esters (lactones) is 1. The minimum atomic E-state index is -1.83. The molecule has 15 nitrogen and oxygen atoms in total. The van der Waals surface area contributed by atoms with Crippen LogP contribution in [0.5, 0.6) is 0 Å². The number of hydrogen-bond acceptors (Lipinski definition) is 14. The number of nitrogens with zero attached hydrogens (tertiary/aromatic N) is 2. The number of methoxy groups -OCH3 is 1. The molecule has 3 saturated heterocycles. The van der Waals surface area contributed by atoms with E-state index in [1.807, 2.05) is 18.9 Å². The van der Waals surface area contributed by atoms with Gasteiger partial charge in [0.15, 0.2) is 18.7 Å². The van der Waals surface area contributed by atoms with Gasteiger partial charge in [-0.05, 0) is 74.3 Å². The second-order valence-corrected chi connectivity index (χ2v) is 17.6. The maximum absolute atomic E-state index is 14.2. The van der Waals surface area contributed by atoms with Crippen molar-refractivity contribution in [2.45, 2.75) is 185 Å². The third-order valence-corrected chi connectivity index (χ3v) is 12.3. The average molecular weight is 765 g/mol. The van der Waals surface area contributed by atoms with Crippen LogP contribution in [0.15, 0.2) is 0 Å². The van der Waals surface area contributed by atoms with Crippen LogP contribution in [-0.4, -0.2) is 166 Å². The molecular weight excluding hydrogens is 692 g/mol. The Morgan fingerprint density at radius 1 is 0.962 bits per heavy atom. The molecule has 3 fully saturated rings. The van der Waals surface area contributed by atoms with Crippen LogP contribution in [0.25, 0.3) is 0 Å². The highest BCUT2D eigenvalue weighted by molar-refractivity contribution is 5.73. The maximum Gasteiger partial charge on any atom is 0.311 e. The lowest BCUT2D eigenvalue weighted by atomic mass is 9.77. The summed E-state index contributed by atoms with van der Waals surface area (Å²) in [7, 11) is 6.21. The first-order valence-electron chi connectivity index (χ1n) is 19.3. The third kappa shape index (κ3) is 10.5. The average Bonchev–Trinajstić information content (AvgIpc) is 3.05. The van der Waals surface area contributed by atoms with Crippen LogP contribution in [0.4, 0.5) is 0 Å². The van der Waals surface area contributed by atoms with E-state index >= 15 is 0 Å². The van der Waals surface area contributed by atoms with Gasteiger partial charge in [-0.3, -0.25) is 4.79 Å². The molecule has 0 bridgehead atoms. The molecule has 0 amide bonds. The fourth-order valence-electron chi connectivity index (χ4n) is 8.84. The van der Waals surface area contributed by atoms with Crippen LogP contribution in [0.3, 0.4) is 0 Å². The summed E-state index contributed by atoms with van der Waals surface area (Å²) in [6.45, 7) is 17.6. The highest BCUT2D eigenvalue weighted by Crippen LogP contribution is 2.40. The van der Waals surface area contributed by atoms with E-state index in [1.54, 1.807) is 55.4 Å². The number of rotatable bonds is 7. The highest BCUT2D eigenvalue weighted by atomic mass is 16.7. The number of hydrogen-bond donors (Lipinski definition) is 5. The van der Waals surface area contributed by atoms with Crippen LogP contribution in [0.2, 0.25) is 0 Å². The third-order valence-electron chi connectivity index (χ3n) is 12.3. The fraction of sp³-hybridized carbons (Fsp3) is 0.974. The van der Waals surface area contributed by atoms with Crippen molar-refractivity contribution < 1.29 is 63.4 Å². The Morgan fingerprint density at radius 3 is 2.11 bits per heavy atom. The predicted molar refractivity (Wildman–Crippen MR) is 196 cm³/mol. The molecule has 0 radical (unpaired) electrons. The SMILES string of the molecule is CC[C@H]1OC(=O)[C@H](C)[C@@H](O[C@H]2C[C@](C)(OC)[C@@H](O)[C@H](C)O2)[C@H](C)[C@@H](O[C@@H]2O[C@H](C)C[C@H]([N+](C)(C)[O-])[C@H]2O)[C@@](C)(O)C[C@@H](C)CN(C)[C@H](C)[C@@H](O)[C@@]1(C)O. The van der Waals surface area contributed by atoms with Crippen molar-refractivity contribution >= 4 is 5.97 Å². The molecular formula is C38H72N2O13. The smallest absolute Gasteiger partial charge is 0.311 e. The highest BCUT2D eigenvalue weighted by Gasteiger charge is 2.53. The van der Waals surface area contributed by atoms with Gasteiger partial charge in [-0.1, -0.05) is 20.8 Å². The summed E-state index contributed by atoms with van der Waals surface area (Å²) in [5.74, 6) is -2.80. The standard InChI is InChI=1S/C38H72N2O13/c1-15-27-38(10,46)31(42)24(6)39(11)19-20(2)17-36(8,45)33(53-35-29(41)26(40(12,13)47)16-21(3)49-35)22(4)30(23(5)34(44)51-27)52-28-18-37(9,48-14)32(43)25(7)50-28/h20-33,35,41-43,45-46H,15-19H2,1-14H3/t20-,21-,22+,23-,24-,25+,26+,27-,28+,29-,30+,31-,32+,33-,35+,36+,37+,38+/m1/s1. The van der Waals surface area contributed by atoms with Crippen molar-refractivity contribution in [1.82, 2.24) is 4.90 Å². The van der Waals surface area contributed by atoms with E-state index in [2.05, 4.69) is 0 Å². The Balaban J connectivity index is 2.19. The predicted octanol–water partition coefficient (Wildman–Crippen LogP) is 1.91. The number of aliphatic hydroxyl groups excluding tert-OH is 3. The molecule has 0 saturated carbocycles. The molecule has 5 N–H and O–H groups in total. The number of ether oxygens (including phenoxy) is 6. The number of esters is 1. The molecule has 0 aliphatic carbocycles. The van der Waals surface area contributed by atoms with Gasteiger partial charge >= 0.3 is 5.97 Å². The Hall–Kier alpha value is -1.05. The van der Waals surface area contributed by atoms with E-state index in [0.29, 0.717) is 13.0 Å². The summed E-state index contributed by atoms with van der Waals surface area (Å²) in [6.07, 6.45) is -9.60. The van der Waals surface area contributed by atoms with E-state index in [9.17, 15) is 35.5 Å². The molecule has 0 spiro atoms. The van der Waals surface area contributed by atoms with E-state index in [-0.39, 0.29) is 25.2 Å². The second kappa shape index (κ2) is 17.6. The second-order valence-electron chi connectivity index (χ2n) is 17.6. The van der Waals surface area contributed by atoms with Gasteiger partial charge in [-0.25, -0.2) is 0 Å². The van der Waals surface area contributed by atoms with E-state index < -0.39 is 113 Å².